The third kappa shape index (κ3) is 3.35. The second kappa shape index (κ2) is 6.57. The molecule has 1 aliphatic heterocycles. The van der Waals surface area contributed by atoms with Gasteiger partial charge in [0, 0.05) is 24.0 Å². The predicted molar refractivity (Wildman–Crippen MR) is 101 cm³/mol. The predicted octanol–water partition coefficient (Wildman–Crippen LogP) is 4.24. The molecule has 0 atom stereocenters. The number of benzene rings is 2. The molecule has 4 nitrogen and oxygen atoms in total. The Kier molecular flexibility index (Phi) is 4.12. The van der Waals surface area contributed by atoms with Crippen LogP contribution >= 0.6 is 0 Å². The van der Waals surface area contributed by atoms with Crippen molar-refractivity contribution >= 4 is 35.5 Å². The number of carbonyl (C=O) groups excluding carboxylic acids is 1. The average Bonchev–Trinajstić information content (AvgIpc) is 3.48. The Balaban J connectivity index is 1.74. The van der Waals surface area contributed by atoms with Gasteiger partial charge in [0.15, 0.2) is 0 Å². The van der Waals surface area contributed by atoms with E-state index < -0.39 is 5.91 Å². The van der Waals surface area contributed by atoms with Crippen molar-refractivity contribution in [1.29, 1.82) is 0 Å². The van der Waals surface area contributed by atoms with E-state index in [9.17, 15) is 4.79 Å². The number of amides is 1. The van der Waals surface area contributed by atoms with Gasteiger partial charge in [0.05, 0.1) is 0 Å². The van der Waals surface area contributed by atoms with E-state index in [0.29, 0.717) is 0 Å². The van der Waals surface area contributed by atoms with Gasteiger partial charge in [0.25, 0.3) is 5.91 Å². The SMILES string of the molecule is O=C(/C=C\c1ccc2c(c1)C=Cc1ccccc1N2CC1CC1)NO. The maximum absolute atomic E-state index is 11.2. The van der Waals surface area contributed by atoms with Crippen LogP contribution in [0.2, 0.25) is 0 Å². The summed E-state index contributed by atoms with van der Waals surface area (Å²) in [5.41, 5.74) is 7.31. The molecule has 2 aliphatic rings. The topological polar surface area (TPSA) is 52.6 Å². The highest BCUT2D eigenvalue weighted by Gasteiger charge is 2.27. The molecule has 1 fully saturated rings. The molecule has 4 heteroatoms. The van der Waals surface area contributed by atoms with Crippen molar-refractivity contribution in [3.63, 3.8) is 0 Å². The highest BCUT2D eigenvalue weighted by atomic mass is 16.5. The summed E-state index contributed by atoms with van der Waals surface area (Å²) in [6.45, 7) is 1.04. The van der Waals surface area contributed by atoms with Gasteiger partial charge in [-0.1, -0.05) is 36.4 Å². The number of hydroxylamine groups is 1. The van der Waals surface area contributed by atoms with E-state index in [2.05, 4.69) is 53.5 Å². The third-order valence-corrected chi connectivity index (χ3v) is 4.69. The molecule has 25 heavy (non-hydrogen) atoms. The van der Waals surface area contributed by atoms with E-state index in [-0.39, 0.29) is 0 Å². The van der Waals surface area contributed by atoms with Crippen molar-refractivity contribution < 1.29 is 10.0 Å². The van der Waals surface area contributed by atoms with E-state index in [1.807, 2.05) is 6.07 Å². The minimum absolute atomic E-state index is 0.534. The van der Waals surface area contributed by atoms with Gasteiger partial charge in [-0.25, -0.2) is 5.48 Å². The Morgan fingerprint density at radius 1 is 1.12 bits per heavy atom. The zero-order valence-electron chi connectivity index (χ0n) is 13.9. The molecule has 0 spiro atoms. The quantitative estimate of drug-likeness (QED) is 0.500. The van der Waals surface area contributed by atoms with Crippen LogP contribution in [0.1, 0.15) is 29.5 Å². The Morgan fingerprint density at radius 3 is 2.68 bits per heavy atom. The van der Waals surface area contributed by atoms with Crippen LogP contribution < -0.4 is 10.4 Å². The number of hydrogen-bond donors (Lipinski definition) is 2. The molecular formula is C21H20N2O2. The van der Waals surface area contributed by atoms with Crippen LogP contribution in [0.4, 0.5) is 11.4 Å². The standard InChI is InChI=1S/C21H20N2O2/c24-21(22-25)12-8-15-7-11-20-18(13-15)10-9-17-3-1-2-4-19(17)23(20)14-16-5-6-16/h1-4,7-13,16,25H,5-6,14H2,(H,22,24)/b12-8-. The summed E-state index contributed by atoms with van der Waals surface area (Å²) in [7, 11) is 0. The van der Waals surface area contributed by atoms with E-state index in [1.54, 1.807) is 11.6 Å². The summed E-state index contributed by atoms with van der Waals surface area (Å²) < 4.78 is 0. The molecule has 2 N–H and O–H groups in total. The Morgan fingerprint density at radius 2 is 1.88 bits per heavy atom. The Bertz CT molecular complexity index is 866. The molecule has 126 valence electrons. The second-order valence-electron chi connectivity index (χ2n) is 6.57. The largest absolute Gasteiger partial charge is 0.340 e. The van der Waals surface area contributed by atoms with Gasteiger partial charge in [0.2, 0.25) is 0 Å². The Hall–Kier alpha value is -2.85. The van der Waals surface area contributed by atoms with E-state index >= 15 is 0 Å². The number of anilines is 2. The number of para-hydroxylation sites is 1. The maximum Gasteiger partial charge on any atom is 0.267 e. The Labute approximate surface area is 147 Å². The summed E-state index contributed by atoms with van der Waals surface area (Å²) in [5, 5.41) is 8.60. The lowest BCUT2D eigenvalue weighted by Crippen LogP contribution is -2.21. The molecule has 1 aliphatic carbocycles. The first kappa shape index (κ1) is 15.7. The molecule has 0 bridgehead atoms. The van der Waals surface area contributed by atoms with E-state index in [1.165, 1.54) is 35.9 Å². The molecule has 2 aromatic rings. The van der Waals surface area contributed by atoms with Gasteiger partial charge < -0.3 is 4.90 Å². The molecule has 0 unspecified atom stereocenters. The van der Waals surface area contributed by atoms with Crippen molar-refractivity contribution in [3.05, 3.63) is 65.2 Å². The summed E-state index contributed by atoms with van der Waals surface area (Å²) in [6.07, 6.45) is 9.90. The summed E-state index contributed by atoms with van der Waals surface area (Å²) >= 11 is 0. The average molecular weight is 332 g/mol. The second-order valence-corrected chi connectivity index (χ2v) is 6.57. The number of nitrogens with zero attached hydrogens (tertiary/aromatic N) is 1. The highest BCUT2D eigenvalue weighted by Crippen LogP contribution is 2.40. The van der Waals surface area contributed by atoms with Crippen molar-refractivity contribution in [2.24, 2.45) is 5.92 Å². The van der Waals surface area contributed by atoms with E-state index in [0.717, 1.165) is 23.6 Å². The lowest BCUT2D eigenvalue weighted by molar-refractivity contribution is -0.124. The number of hydrogen-bond acceptors (Lipinski definition) is 3. The lowest BCUT2D eigenvalue weighted by Gasteiger charge is -2.27. The zero-order valence-corrected chi connectivity index (χ0v) is 13.9. The highest BCUT2D eigenvalue weighted by molar-refractivity contribution is 5.92. The molecule has 1 heterocycles. The first-order valence-electron chi connectivity index (χ1n) is 8.55. The molecule has 4 rings (SSSR count). The van der Waals surface area contributed by atoms with Crippen molar-refractivity contribution in [1.82, 2.24) is 5.48 Å². The molecule has 1 saturated carbocycles. The zero-order chi connectivity index (χ0) is 17.2. The van der Waals surface area contributed by atoms with Gasteiger partial charge in [-0.15, -0.1) is 0 Å². The van der Waals surface area contributed by atoms with Crippen LogP contribution in [0.3, 0.4) is 0 Å². The minimum Gasteiger partial charge on any atom is -0.340 e. The molecule has 2 aromatic carbocycles. The molecular weight excluding hydrogens is 312 g/mol. The molecule has 0 aromatic heterocycles. The van der Waals surface area contributed by atoms with Crippen LogP contribution in [0, 0.1) is 5.92 Å². The van der Waals surface area contributed by atoms with Crippen molar-refractivity contribution in [3.8, 4) is 0 Å². The molecule has 1 amide bonds. The van der Waals surface area contributed by atoms with E-state index in [4.69, 9.17) is 5.21 Å². The van der Waals surface area contributed by atoms with Gasteiger partial charge >= 0.3 is 0 Å². The summed E-state index contributed by atoms with van der Waals surface area (Å²) in [5.74, 6) is 0.236. The summed E-state index contributed by atoms with van der Waals surface area (Å²) in [4.78, 5) is 13.6. The van der Waals surface area contributed by atoms with Gasteiger partial charge in [-0.3, -0.25) is 10.0 Å². The van der Waals surface area contributed by atoms with Crippen molar-refractivity contribution in [2.75, 3.05) is 11.4 Å². The van der Waals surface area contributed by atoms with Crippen LogP contribution in [-0.4, -0.2) is 17.7 Å². The van der Waals surface area contributed by atoms with Gasteiger partial charge in [-0.05, 0) is 59.7 Å². The van der Waals surface area contributed by atoms with Gasteiger partial charge in [-0.2, -0.15) is 0 Å². The smallest absolute Gasteiger partial charge is 0.267 e. The van der Waals surface area contributed by atoms with Crippen LogP contribution in [0.15, 0.2) is 48.5 Å². The minimum atomic E-state index is -0.534. The fraction of sp³-hybridized carbons (Fsp3) is 0.190. The van der Waals surface area contributed by atoms with Crippen molar-refractivity contribution in [2.45, 2.75) is 12.8 Å². The van der Waals surface area contributed by atoms with Gasteiger partial charge in [0.1, 0.15) is 0 Å². The number of carbonyl (C=O) groups is 1. The molecule has 0 saturated heterocycles. The monoisotopic (exact) mass is 332 g/mol. The summed E-state index contributed by atoms with van der Waals surface area (Å²) in [6, 6.07) is 14.7. The fourth-order valence-corrected chi connectivity index (χ4v) is 3.20. The third-order valence-electron chi connectivity index (χ3n) is 4.69. The number of nitrogens with one attached hydrogen (secondary N) is 1. The lowest BCUT2D eigenvalue weighted by atomic mass is 10.1. The normalized spacial score (nSPS) is 15.6. The maximum atomic E-state index is 11.2. The van der Waals surface area contributed by atoms with Crippen LogP contribution in [0.25, 0.3) is 18.2 Å². The van der Waals surface area contributed by atoms with Crippen LogP contribution in [0.5, 0.6) is 0 Å². The molecule has 0 radical (unpaired) electrons. The first-order valence-corrected chi connectivity index (χ1v) is 8.55. The number of fused-ring (bicyclic) bond motifs is 2. The first-order chi connectivity index (χ1) is 12.2. The van der Waals surface area contributed by atoms with Crippen LogP contribution in [-0.2, 0) is 4.79 Å². The number of rotatable bonds is 4. The fourth-order valence-electron chi connectivity index (χ4n) is 3.20.